The largest absolute Gasteiger partial charge is 0.326 e. The van der Waals surface area contributed by atoms with Gasteiger partial charge in [-0.2, -0.15) is 0 Å². The Balaban J connectivity index is 2.57. The first-order valence-corrected chi connectivity index (χ1v) is 5.25. The Morgan fingerprint density at radius 1 is 1.46 bits per heavy atom. The Morgan fingerprint density at radius 2 is 2.15 bits per heavy atom. The maximum absolute atomic E-state index is 5.58. The highest BCUT2D eigenvalue weighted by molar-refractivity contribution is 7.11. The van der Waals surface area contributed by atoms with Crippen LogP contribution in [0.4, 0.5) is 0 Å². The fourth-order valence-corrected chi connectivity index (χ4v) is 2.04. The molecule has 74 valence electrons. The zero-order valence-corrected chi connectivity index (χ0v) is 9.32. The summed E-state index contributed by atoms with van der Waals surface area (Å²) in [7, 11) is 4.15. The molecule has 2 N–H and O–H groups in total. The van der Waals surface area contributed by atoms with Gasteiger partial charge in [-0.15, -0.1) is 11.3 Å². The van der Waals surface area contributed by atoms with Crippen LogP contribution in [0.1, 0.15) is 15.6 Å². The predicted octanol–water partition coefficient (Wildman–Crippen LogP) is 1.01. The summed E-state index contributed by atoms with van der Waals surface area (Å²) in [5.41, 5.74) is 6.68. The van der Waals surface area contributed by atoms with Crippen LogP contribution in [0.25, 0.3) is 0 Å². The molecule has 0 saturated carbocycles. The molecule has 1 aromatic heterocycles. The molecule has 0 bridgehead atoms. The van der Waals surface area contributed by atoms with Crippen molar-refractivity contribution in [3.05, 3.63) is 15.6 Å². The van der Waals surface area contributed by atoms with E-state index in [1.165, 1.54) is 9.88 Å². The highest BCUT2D eigenvalue weighted by atomic mass is 32.1. The lowest BCUT2D eigenvalue weighted by Crippen LogP contribution is -2.14. The second kappa shape index (κ2) is 4.69. The molecule has 1 rings (SSSR count). The van der Waals surface area contributed by atoms with Crippen molar-refractivity contribution >= 4 is 11.3 Å². The highest BCUT2D eigenvalue weighted by Crippen LogP contribution is 2.17. The van der Waals surface area contributed by atoms with Crippen molar-refractivity contribution in [3.8, 4) is 0 Å². The summed E-state index contributed by atoms with van der Waals surface area (Å²) in [6, 6.07) is 0. The van der Waals surface area contributed by atoms with Gasteiger partial charge in [-0.05, 0) is 21.0 Å². The van der Waals surface area contributed by atoms with E-state index in [1.807, 2.05) is 6.92 Å². The van der Waals surface area contributed by atoms with Crippen molar-refractivity contribution in [2.75, 3.05) is 20.6 Å². The molecule has 0 aliphatic rings. The molecular weight excluding hydrogens is 182 g/mol. The van der Waals surface area contributed by atoms with E-state index in [4.69, 9.17) is 5.73 Å². The fourth-order valence-electron chi connectivity index (χ4n) is 1.10. The second-order valence-corrected chi connectivity index (χ2v) is 4.54. The van der Waals surface area contributed by atoms with Crippen molar-refractivity contribution in [1.82, 2.24) is 9.88 Å². The number of likely N-dealkylation sites (N-methyl/N-ethyl adjacent to an activating group) is 1. The third-order valence-corrected chi connectivity index (χ3v) is 3.13. The molecule has 3 nitrogen and oxygen atoms in total. The van der Waals surface area contributed by atoms with Crippen LogP contribution in [0.3, 0.4) is 0 Å². The van der Waals surface area contributed by atoms with Crippen LogP contribution < -0.4 is 5.73 Å². The van der Waals surface area contributed by atoms with Crippen LogP contribution in [0, 0.1) is 6.92 Å². The summed E-state index contributed by atoms with van der Waals surface area (Å²) in [4.78, 5) is 7.85. The zero-order valence-electron chi connectivity index (χ0n) is 8.50. The Kier molecular flexibility index (Phi) is 3.84. The van der Waals surface area contributed by atoms with Crippen LogP contribution in [-0.4, -0.2) is 30.5 Å². The Bertz CT molecular complexity index is 268. The van der Waals surface area contributed by atoms with Gasteiger partial charge in [0, 0.05) is 24.4 Å². The summed E-state index contributed by atoms with van der Waals surface area (Å²) in [6.45, 7) is 3.69. The van der Waals surface area contributed by atoms with Gasteiger partial charge >= 0.3 is 0 Å². The van der Waals surface area contributed by atoms with Crippen LogP contribution in [0.15, 0.2) is 0 Å². The van der Waals surface area contributed by atoms with E-state index in [0.29, 0.717) is 6.54 Å². The first-order valence-electron chi connectivity index (χ1n) is 4.43. The molecule has 0 spiro atoms. The van der Waals surface area contributed by atoms with Crippen LogP contribution >= 0.6 is 11.3 Å². The van der Waals surface area contributed by atoms with Gasteiger partial charge in [0.15, 0.2) is 0 Å². The molecule has 0 aliphatic carbocycles. The SMILES string of the molecule is Cc1nc(CCN(C)C)sc1CN. The molecule has 1 heterocycles. The number of nitrogens with zero attached hydrogens (tertiary/aromatic N) is 2. The van der Waals surface area contributed by atoms with E-state index in [-0.39, 0.29) is 0 Å². The lowest BCUT2D eigenvalue weighted by atomic mass is 10.4. The molecular formula is C9H17N3S. The van der Waals surface area contributed by atoms with E-state index in [0.717, 1.165) is 18.7 Å². The number of hydrogen-bond donors (Lipinski definition) is 1. The average molecular weight is 199 g/mol. The van der Waals surface area contributed by atoms with E-state index in [1.54, 1.807) is 11.3 Å². The molecule has 4 heteroatoms. The lowest BCUT2D eigenvalue weighted by Gasteiger charge is -2.06. The predicted molar refractivity (Wildman–Crippen MR) is 57.0 cm³/mol. The molecule has 0 aliphatic heterocycles. The van der Waals surface area contributed by atoms with Crippen LogP contribution in [0.5, 0.6) is 0 Å². The number of nitrogens with two attached hydrogens (primary N) is 1. The average Bonchev–Trinajstić information content (AvgIpc) is 2.43. The quantitative estimate of drug-likeness (QED) is 0.787. The molecule has 0 fully saturated rings. The first kappa shape index (κ1) is 10.6. The molecule has 0 aromatic carbocycles. The number of aryl methyl sites for hydroxylation is 1. The molecule has 0 radical (unpaired) electrons. The van der Waals surface area contributed by atoms with Crippen molar-refractivity contribution in [2.45, 2.75) is 19.9 Å². The van der Waals surface area contributed by atoms with Crippen LogP contribution in [0.2, 0.25) is 0 Å². The topological polar surface area (TPSA) is 42.2 Å². The van der Waals surface area contributed by atoms with Crippen molar-refractivity contribution in [1.29, 1.82) is 0 Å². The van der Waals surface area contributed by atoms with Gasteiger partial charge in [0.2, 0.25) is 0 Å². The zero-order chi connectivity index (χ0) is 9.84. The normalized spacial score (nSPS) is 11.2. The Labute approximate surface area is 83.6 Å². The standard InChI is InChI=1S/C9H17N3S/c1-7-8(6-10)13-9(11-7)4-5-12(2)3/h4-6,10H2,1-3H3. The van der Waals surface area contributed by atoms with E-state index >= 15 is 0 Å². The number of rotatable bonds is 4. The fraction of sp³-hybridized carbons (Fsp3) is 0.667. The van der Waals surface area contributed by atoms with E-state index in [2.05, 4.69) is 24.0 Å². The number of hydrogen-bond acceptors (Lipinski definition) is 4. The molecule has 0 atom stereocenters. The van der Waals surface area contributed by atoms with E-state index < -0.39 is 0 Å². The third-order valence-electron chi connectivity index (χ3n) is 1.90. The third kappa shape index (κ3) is 3.06. The summed E-state index contributed by atoms with van der Waals surface area (Å²) in [5.74, 6) is 0. The molecule has 0 saturated heterocycles. The van der Waals surface area contributed by atoms with Gasteiger partial charge in [0.05, 0.1) is 10.7 Å². The molecule has 0 amide bonds. The van der Waals surface area contributed by atoms with Gasteiger partial charge < -0.3 is 10.6 Å². The Morgan fingerprint density at radius 3 is 2.62 bits per heavy atom. The monoisotopic (exact) mass is 199 g/mol. The smallest absolute Gasteiger partial charge is 0.0944 e. The number of thiazole rings is 1. The summed E-state index contributed by atoms with van der Waals surface area (Å²) in [6.07, 6.45) is 1.03. The Hall–Kier alpha value is -0.450. The number of aromatic nitrogens is 1. The molecule has 1 aromatic rings. The molecule has 13 heavy (non-hydrogen) atoms. The second-order valence-electron chi connectivity index (χ2n) is 3.37. The lowest BCUT2D eigenvalue weighted by molar-refractivity contribution is 0.413. The molecule has 0 unspecified atom stereocenters. The maximum atomic E-state index is 5.58. The van der Waals surface area contributed by atoms with Crippen molar-refractivity contribution in [2.24, 2.45) is 5.73 Å². The summed E-state index contributed by atoms with van der Waals surface area (Å²) in [5, 5.41) is 1.20. The maximum Gasteiger partial charge on any atom is 0.0944 e. The van der Waals surface area contributed by atoms with Crippen molar-refractivity contribution in [3.63, 3.8) is 0 Å². The van der Waals surface area contributed by atoms with Gasteiger partial charge in [0.1, 0.15) is 0 Å². The van der Waals surface area contributed by atoms with Gasteiger partial charge in [-0.25, -0.2) is 4.98 Å². The van der Waals surface area contributed by atoms with Crippen LogP contribution in [-0.2, 0) is 13.0 Å². The van der Waals surface area contributed by atoms with E-state index in [9.17, 15) is 0 Å². The highest BCUT2D eigenvalue weighted by Gasteiger charge is 2.05. The first-order chi connectivity index (χ1) is 6.13. The van der Waals surface area contributed by atoms with Gasteiger partial charge in [-0.1, -0.05) is 0 Å². The van der Waals surface area contributed by atoms with Gasteiger partial charge in [-0.3, -0.25) is 0 Å². The summed E-state index contributed by atoms with van der Waals surface area (Å²) >= 11 is 1.74. The minimum atomic E-state index is 0.617. The van der Waals surface area contributed by atoms with Crippen molar-refractivity contribution < 1.29 is 0 Å². The minimum Gasteiger partial charge on any atom is -0.326 e. The minimum absolute atomic E-state index is 0.617. The van der Waals surface area contributed by atoms with Gasteiger partial charge in [0.25, 0.3) is 0 Å². The summed E-state index contributed by atoms with van der Waals surface area (Å²) < 4.78 is 0.